The molecule has 0 aromatic heterocycles. The van der Waals surface area contributed by atoms with Crippen molar-refractivity contribution in [1.29, 1.82) is 0 Å². The van der Waals surface area contributed by atoms with Crippen molar-refractivity contribution < 1.29 is 4.79 Å². The van der Waals surface area contributed by atoms with Crippen LogP contribution in [0.3, 0.4) is 0 Å². The molecule has 0 aliphatic rings. The molecule has 2 aromatic rings. The normalized spacial score (nSPS) is 10.3. The molecule has 0 atom stereocenters. The molecule has 2 nitrogen and oxygen atoms in total. The van der Waals surface area contributed by atoms with Gasteiger partial charge in [0.2, 0.25) is 5.91 Å². The van der Waals surface area contributed by atoms with Crippen LogP contribution in [0.2, 0.25) is 15.1 Å². The van der Waals surface area contributed by atoms with E-state index < -0.39 is 0 Å². The van der Waals surface area contributed by atoms with Crippen molar-refractivity contribution >= 4 is 46.4 Å². The summed E-state index contributed by atoms with van der Waals surface area (Å²) in [6, 6.07) is 12.1. The lowest BCUT2D eigenvalue weighted by Gasteiger charge is -2.06. The third-order valence-corrected chi connectivity index (χ3v) is 3.47. The first-order valence-electron chi connectivity index (χ1n) is 5.54. The minimum Gasteiger partial charge on any atom is -0.326 e. The van der Waals surface area contributed by atoms with Gasteiger partial charge in [-0.1, -0.05) is 46.9 Å². The van der Waals surface area contributed by atoms with Gasteiger partial charge in [0, 0.05) is 10.7 Å². The highest BCUT2D eigenvalue weighted by Gasteiger charge is 2.06. The summed E-state index contributed by atoms with van der Waals surface area (Å²) in [5.74, 6) is -0.124. The summed E-state index contributed by atoms with van der Waals surface area (Å²) in [4.78, 5) is 11.8. The van der Waals surface area contributed by atoms with Crippen molar-refractivity contribution in [2.45, 2.75) is 6.42 Å². The van der Waals surface area contributed by atoms with Crippen molar-refractivity contribution in [3.63, 3.8) is 0 Å². The molecule has 0 saturated heterocycles. The molecule has 0 unspecified atom stereocenters. The van der Waals surface area contributed by atoms with Crippen molar-refractivity contribution in [3.05, 3.63) is 63.1 Å². The lowest BCUT2D eigenvalue weighted by atomic mass is 10.1. The number of benzene rings is 2. The smallest absolute Gasteiger partial charge is 0.228 e. The summed E-state index contributed by atoms with van der Waals surface area (Å²) in [5.41, 5.74) is 1.51. The van der Waals surface area contributed by atoms with E-state index in [-0.39, 0.29) is 12.3 Å². The summed E-state index contributed by atoms with van der Waals surface area (Å²) in [5, 5.41) is 4.27. The number of nitrogens with one attached hydrogen (secondary N) is 1. The standard InChI is InChI=1S/C14H10Cl3NO/c15-10-3-1-9(2-4-10)7-14(19)18-11-5-6-12(16)13(17)8-11/h1-6,8H,7H2,(H,18,19). The zero-order valence-electron chi connectivity index (χ0n) is 9.79. The van der Waals surface area contributed by atoms with Gasteiger partial charge in [-0.2, -0.15) is 0 Å². The number of rotatable bonds is 3. The van der Waals surface area contributed by atoms with E-state index in [0.717, 1.165) is 5.56 Å². The monoisotopic (exact) mass is 313 g/mol. The van der Waals surface area contributed by atoms with Gasteiger partial charge in [0.05, 0.1) is 16.5 Å². The Morgan fingerprint density at radius 3 is 2.26 bits per heavy atom. The largest absolute Gasteiger partial charge is 0.326 e. The molecule has 1 N–H and O–H groups in total. The highest BCUT2D eigenvalue weighted by Crippen LogP contribution is 2.25. The van der Waals surface area contributed by atoms with E-state index in [0.29, 0.717) is 20.8 Å². The number of anilines is 1. The van der Waals surface area contributed by atoms with Gasteiger partial charge in [0.1, 0.15) is 0 Å². The average Bonchev–Trinajstić information content (AvgIpc) is 2.37. The molecule has 0 heterocycles. The fraction of sp³-hybridized carbons (Fsp3) is 0.0714. The van der Waals surface area contributed by atoms with Crippen LogP contribution >= 0.6 is 34.8 Å². The van der Waals surface area contributed by atoms with Crippen LogP contribution in [-0.4, -0.2) is 5.91 Å². The zero-order chi connectivity index (χ0) is 13.8. The first-order chi connectivity index (χ1) is 9.04. The summed E-state index contributed by atoms with van der Waals surface area (Å²) in [7, 11) is 0. The van der Waals surface area contributed by atoms with Crippen LogP contribution in [0, 0.1) is 0 Å². The Hall–Kier alpha value is -1.22. The number of carbonyl (C=O) groups is 1. The third-order valence-electron chi connectivity index (χ3n) is 2.48. The van der Waals surface area contributed by atoms with Gasteiger partial charge >= 0.3 is 0 Å². The average molecular weight is 315 g/mol. The molecule has 0 fully saturated rings. The SMILES string of the molecule is O=C(Cc1ccc(Cl)cc1)Nc1ccc(Cl)c(Cl)c1. The topological polar surface area (TPSA) is 29.1 Å². The Morgan fingerprint density at radius 1 is 0.947 bits per heavy atom. The highest BCUT2D eigenvalue weighted by atomic mass is 35.5. The van der Waals surface area contributed by atoms with Crippen LogP contribution in [0.5, 0.6) is 0 Å². The Morgan fingerprint density at radius 2 is 1.63 bits per heavy atom. The van der Waals surface area contributed by atoms with E-state index >= 15 is 0 Å². The van der Waals surface area contributed by atoms with E-state index in [2.05, 4.69) is 5.32 Å². The fourth-order valence-electron chi connectivity index (χ4n) is 1.57. The van der Waals surface area contributed by atoms with E-state index in [4.69, 9.17) is 34.8 Å². The number of hydrogen-bond acceptors (Lipinski definition) is 1. The van der Waals surface area contributed by atoms with Gasteiger partial charge in [-0.15, -0.1) is 0 Å². The van der Waals surface area contributed by atoms with Crippen molar-refractivity contribution in [3.8, 4) is 0 Å². The third kappa shape index (κ3) is 4.13. The molecule has 5 heteroatoms. The number of halogens is 3. The van der Waals surface area contributed by atoms with Crippen molar-refractivity contribution in [2.75, 3.05) is 5.32 Å². The van der Waals surface area contributed by atoms with Crippen LogP contribution in [0.4, 0.5) is 5.69 Å². The summed E-state index contributed by atoms with van der Waals surface area (Å²) < 4.78 is 0. The fourth-order valence-corrected chi connectivity index (χ4v) is 1.99. The van der Waals surface area contributed by atoms with Gasteiger partial charge in [-0.05, 0) is 35.9 Å². The molecule has 2 rings (SSSR count). The molecule has 2 aromatic carbocycles. The molecular formula is C14H10Cl3NO. The van der Waals surface area contributed by atoms with E-state index in [1.807, 2.05) is 12.1 Å². The predicted molar refractivity (Wildman–Crippen MR) is 80.2 cm³/mol. The molecular weight excluding hydrogens is 305 g/mol. The first-order valence-corrected chi connectivity index (χ1v) is 6.67. The maximum atomic E-state index is 11.8. The van der Waals surface area contributed by atoms with Crippen LogP contribution in [-0.2, 0) is 11.2 Å². The molecule has 0 bridgehead atoms. The maximum Gasteiger partial charge on any atom is 0.228 e. The predicted octanol–water partition coefficient (Wildman–Crippen LogP) is 4.83. The first kappa shape index (κ1) is 14.2. The van der Waals surface area contributed by atoms with Gasteiger partial charge in [0.25, 0.3) is 0 Å². The van der Waals surface area contributed by atoms with Crippen molar-refractivity contribution in [1.82, 2.24) is 0 Å². The van der Waals surface area contributed by atoms with Crippen LogP contribution in [0.25, 0.3) is 0 Å². The van der Waals surface area contributed by atoms with E-state index in [1.54, 1.807) is 30.3 Å². The zero-order valence-corrected chi connectivity index (χ0v) is 12.1. The summed E-state index contributed by atoms with van der Waals surface area (Å²) >= 11 is 17.5. The maximum absolute atomic E-state index is 11.8. The second-order valence-corrected chi connectivity index (χ2v) is 5.23. The Balaban J connectivity index is 2.01. The molecule has 0 radical (unpaired) electrons. The second kappa shape index (κ2) is 6.29. The van der Waals surface area contributed by atoms with Gasteiger partial charge < -0.3 is 5.32 Å². The summed E-state index contributed by atoms with van der Waals surface area (Å²) in [6.45, 7) is 0. The second-order valence-electron chi connectivity index (χ2n) is 3.98. The quantitative estimate of drug-likeness (QED) is 0.864. The Labute approximate surface area is 126 Å². The van der Waals surface area contributed by atoms with Crippen molar-refractivity contribution in [2.24, 2.45) is 0 Å². The molecule has 1 amide bonds. The molecule has 0 spiro atoms. The lowest BCUT2D eigenvalue weighted by Crippen LogP contribution is -2.14. The van der Waals surface area contributed by atoms with Crippen LogP contribution < -0.4 is 5.32 Å². The number of amides is 1. The molecule has 0 aliphatic heterocycles. The molecule has 98 valence electrons. The van der Waals surface area contributed by atoms with E-state index in [1.165, 1.54) is 0 Å². The lowest BCUT2D eigenvalue weighted by molar-refractivity contribution is -0.115. The molecule has 0 saturated carbocycles. The van der Waals surface area contributed by atoms with Gasteiger partial charge in [-0.25, -0.2) is 0 Å². The number of carbonyl (C=O) groups excluding carboxylic acids is 1. The Kier molecular flexibility index (Phi) is 4.70. The minimum absolute atomic E-state index is 0.124. The Bertz CT molecular complexity index is 596. The number of hydrogen-bond donors (Lipinski definition) is 1. The molecule has 19 heavy (non-hydrogen) atoms. The van der Waals surface area contributed by atoms with Gasteiger partial charge in [-0.3, -0.25) is 4.79 Å². The van der Waals surface area contributed by atoms with E-state index in [9.17, 15) is 4.79 Å². The van der Waals surface area contributed by atoms with Gasteiger partial charge in [0.15, 0.2) is 0 Å². The summed E-state index contributed by atoms with van der Waals surface area (Å²) in [6.07, 6.45) is 0.275. The highest BCUT2D eigenvalue weighted by molar-refractivity contribution is 6.42. The van der Waals surface area contributed by atoms with Crippen LogP contribution in [0.15, 0.2) is 42.5 Å². The van der Waals surface area contributed by atoms with Crippen LogP contribution in [0.1, 0.15) is 5.56 Å². The molecule has 0 aliphatic carbocycles. The minimum atomic E-state index is -0.124.